The van der Waals surface area contributed by atoms with Gasteiger partial charge in [0.05, 0.1) is 19.8 Å². The molecule has 1 aromatic carbocycles. The van der Waals surface area contributed by atoms with Gasteiger partial charge in [0.15, 0.2) is 11.5 Å². The minimum atomic E-state index is 0.0408. The minimum Gasteiger partial charge on any atom is -0.490 e. The normalized spacial score (nSPS) is 17.8. The van der Waals surface area contributed by atoms with Crippen LogP contribution in [0.5, 0.6) is 17.2 Å². The van der Waals surface area contributed by atoms with Gasteiger partial charge in [0.1, 0.15) is 0 Å². The molecule has 2 rings (SSSR count). The van der Waals surface area contributed by atoms with E-state index in [4.69, 9.17) is 14.2 Å². The first-order valence-electron chi connectivity index (χ1n) is 9.46. The zero-order valence-electron chi connectivity index (χ0n) is 16.0. The Balaban J connectivity index is 2.33. The highest BCUT2D eigenvalue weighted by Gasteiger charge is 2.23. The molecule has 1 saturated heterocycles. The summed E-state index contributed by atoms with van der Waals surface area (Å²) in [6, 6.07) is 3.57. The molecule has 5 nitrogen and oxygen atoms in total. The quantitative estimate of drug-likeness (QED) is 0.742. The molecule has 0 spiro atoms. The summed E-state index contributed by atoms with van der Waals surface area (Å²) in [6.07, 6.45) is 3.29. The summed E-state index contributed by atoms with van der Waals surface area (Å²) in [6.45, 7) is 11.1. The Morgan fingerprint density at radius 1 is 1.00 bits per heavy atom. The van der Waals surface area contributed by atoms with Crippen LogP contribution < -0.4 is 14.2 Å². The highest BCUT2D eigenvalue weighted by molar-refractivity contribution is 5.95. The van der Waals surface area contributed by atoms with Crippen LogP contribution in [-0.2, 0) is 0 Å². The van der Waals surface area contributed by atoms with Gasteiger partial charge in [-0.3, -0.25) is 4.79 Å². The van der Waals surface area contributed by atoms with Gasteiger partial charge in [-0.05, 0) is 58.1 Å². The van der Waals surface area contributed by atoms with Crippen molar-refractivity contribution in [1.82, 2.24) is 4.90 Å². The number of carbonyl (C=O) groups excluding carboxylic acids is 1. The van der Waals surface area contributed by atoms with Gasteiger partial charge in [0.25, 0.3) is 5.91 Å². The molecule has 0 aliphatic carbocycles. The number of amides is 1. The highest BCUT2D eigenvalue weighted by atomic mass is 16.5. The molecule has 1 atom stereocenters. The Hall–Kier alpha value is -1.91. The van der Waals surface area contributed by atoms with E-state index in [1.165, 1.54) is 6.42 Å². The number of carbonyl (C=O) groups is 1. The van der Waals surface area contributed by atoms with E-state index in [1.807, 2.05) is 25.7 Å². The molecule has 1 fully saturated rings. The molecule has 1 aromatic rings. The standard InChI is InChI=1S/C20H31NO4/c1-5-23-17-13-16(14-18(24-6-2)19(17)25-7-3)20(22)21-11-8-9-15(4)10-12-21/h13-15H,5-12H2,1-4H3. The van der Waals surface area contributed by atoms with Crippen molar-refractivity contribution in [3.05, 3.63) is 17.7 Å². The SMILES string of the molecule is CCOc1cc(C(=O)N2CCCC(C)CC2)cc(OCC)c1OCC. The van der Waals surface area contributed by atoms with Crippen molar-refractivity contribution in [2.75, 3.05) is 32.9 Å². The van der Waals surface area contributed by atoms with E-state index in [0.717, 1.165) is 25.9 Å². The fourth-order valence-corrected chi connectivity index (χ4v) is 3.16. The second-order valence-corrected chi connectivity index (χ2v) is 6.43. The lowest BCUT2D eigenvalue weighted by atomic mass is 10.0. The van der Waals surface area contributed by atoms with Crippen LogP contribution in [0, 0.1) is 5.92 Å². The highest BCUT2D eigenvalue weighted by Crippen LogP contribution is 2.39. The van der Waals surface area contributed by atoms with Crippen LogP contribution >= 0.6 is 0 Å². The Labute approximate surface area is 151 Å². The van der Waals surface area contributed by atoms with Crippen LogP contribution in [0.25, 0.3) is 0 Å². The summed E-state index contributed by atoms with van der Waals surface area (Å²) in [5.41, 5.74) is 0.602. The van der Waals surface area contributed by atoms with E-state index in [1.54, 1.807) is 12.1 Å². The van der Waals surface area contributed by atoms with Gasteiger partial charge in [0.2, 0.25) is 5.75 Å². The van der Waals surface area contributed by atoms with E-state index in [2.05, 4.69) is 6.92 Å². The first-order valence-corrected chi connectivity index (χ1v) is 9.46. The largest absolute Gasteiger partial charge is 0.490 e. The number of hydrogen-bond acceptors (Lipinski definition) is 4. The molecule has 1 aliphatic heterocycles. The van der Waals surface area contributed by atoms with Crippen molar-refractivity contribution in [2.24, 2.45) is 5.92 Å². The third-order valence-electron chi connectivity index (χ3n) is 4.46. The number of ether oxygens (including phenoxy) is 3. The van der Waals surface area contributed by atoms with Crippen LogP contribution in [0.15, 0.2) is 12.1 Å². The zero-order valence-corrected chi connectivity index (χ0v) is 16.0. The summed E-state index contributed by atoms with van der Waals surface area (Å²) in [7, 11) is 0. The summed E-state index contributed by atoms with van der Waals surface area (Å²) >= 11 is 0. The summed E-state index contributed by atoms with van der Waals surface area (Å²) in [5.74, 6) is 2.44. The van der Waals surface area contributed by atoms with Crippen LogP contribution in [-0.4, -0.2) is 43.7 Å². The second-order valence-electron chi connectivity index (χ2n) is 6.43. The first kappa shape index (κ1) is 19.4. The van der Waals surface area contributed by atoms with Gasteiger partial charge in [0, 0.05) is 18.7 Å². The number of hydrogen-bond donors (Lipinski definition) is 0. The maximum atomic E-state index is 13.0. The van der Waals surface area contributed by atoms with Crippen molar-refractivity contribution in [2.45, 2.75) is 47.0 Å². The van der Waals surface area contributed by atoms with Crippen molar-refractivity contribution < 1.29 is 19.0 Å². The summed E-state index contributed by atoms with van der Waals surface area (Å²) in [5, 5.41) is 0. The average molecular weight is 349 g/mol. The molecule has 0 N–H and O–H groups in total. The predicted molar refractivity (Wildman–Crippen MR) is 98.9 cm³/mol. The number of rotatable bonds is 7. The molecular weight excluding hydrogens is 318 g/mol. The summed E-state index contributed by atoms with van der Waals surface area (Å²) < 4.78 is 17.2. The van der Waals surface area contributed by atoms with Gasteiger partial charge < -0.3 is 19.1 Å². The fourth-order valence-electron chi connectivity index (χ4n) is 3.16. The first-order chi connectivity index (χ1) is 12.1. The average Bonchev–Trinajstić information content (AvgIpc) is 2.82. The molecule has 1 unspecified atom stereocenters. The number of nitrogens with zero attached hydrogens (tertiary/aromatic N) is 1. The van der Waals surface area contributed by atoms with Gasteiger partial charge in [-0.1, -0.05) is 6.92 Å². The zero-order chi connectivity index (χ0) is 18.2. The number of benzene rings is 1. The van der Waals surface area contributed by atoms with Crippen molar-refractivity contribution in [3.63, 3.8) is 0 Å². The molecule has 140 valence electrons. The molecule has 0 saturated carbocycles. The fraction of sp³-hybridized carbons (Fsp3) is 0.650. The topological polar surface area (TPSA) is 48.0 Å². The molecule has 5 heteroatoms. The monoisotopic (exact) mass is 349 g/mol. The maximum absolute atomic E-state index is 13.0. The van der Waals surface area contributed by atoms with E-state index >= 15 is 0 Å². The van der Waals surface area contributed by atoms with Crippen LogP contribution in [0.4, 0.5) is 0 Å². The minimum absolute atomic E-state index is 0.0408. The Morgan fingerprint density at radius 3 is 2.16 bits per heavy atom. The van der Waals surface area contributed by atoms with E-state index in [-0.39, 0.29) is 5.91 Å². The van der Waals surface area contributed by atoms with Gasteiger partial charge in [-0.25, -0.2) is 0 Å². The van der Waals surface area contributed by atoms with E-state index in [0.29, 0.717) is 48.6 Å². The van der Waals surface area contributed by atoms with Gasteiger partial charge in [-0.2, -0.15) is 0 Å². The third kappa shape index (κ3) is 5.03. The maximum Gasteiger partial charge on any atom is 0.254 e. The summed E-state index contributed by atoms with van der Waals surface area (Å²) in [4.78, 5) is 15.0. The Bertz CT molecular complexity index is 546. The molecular formula is C20H31NO4. The molecule has 1 heterocycles. The van der Waals surface area contributed by atoms with Gasteiger partial charge in [-0.15, -0.1) is 0 Å². The van der Waals surface area contributed by atoms with Crippen LogP contribution in [0.2, 0.25) is 0 Å². The lowest BCUT2D eigenvalue weighted by molar-refractivity contribution is 0.0759. The molecule has 1 aliphatic rings. The lowest BCUT2D eigenvalue weighted by Gasteiger charge is -2.22. The molecule has 25 heavy (non-hydrogen) atoms. The van der Waals surface area contributed by atoms with E-state index in [9.17, 15) is 4.79 Å². The molecule has 0 bridgehead atoms. The Morgan fingerprint density at radius 2 is 1.60 bits per heavy atom. The van der Waals surface area contributed by atoms with Crippen molar-refractivity contribution >= 4 is 5.91 Å². The number of likely N-dealkylation sites (tertiary alicyclic amines) is 1. The molecule has 1 amide bonds. The predicted octanol–water partition coefficient (Wildman–Crippen LogP) is 4.14. The third-order valence-corrected chi connectivity index (χ3v) is 4.46. The lowest BCUT2D eigenvalue weighted by Crippen LogP contribution is -2.32. The van der Waals surface area contributed by atoms with E-state index < -0.39 is 0 Å². The van der Waals surface area contributed by atoms with Crippen LogP contribution in [0.1, 0.15) is 57.3 Å². The van der Waals surface area contributed by atoms with Crippen LogP contribution in [0.3, 0.4) is 0 Å². The molecule has 0 radical (unpaired) electrons. The van der Waals surface area contributed by atoms with Gasteiger partial charge >= 0.3 is 0 Å². The second kappa shape index (κ2) is 9.54. The molecule has 0 aromatic heterocycles. The van der Waals surface area contributed by atoms with Crippen molar-refractivity contribution in [1.29, 1.82) is 0 Å². The van der Waals surface area contributed by atoms with Crippen molar-refractivity contribution in [3.8, 4) is 17.2 Å². The Kier molecular flexibility index (Phi) is 7.41. The smallest absolute Gasteiger partial charge is 0.254 e.